The number of aryl methyl sites for hydroxylation is 1. The highest BCUT2D eigenvalue weighted by atomic mass is 16.5. The van der Waals surface area contributed by atoms with Crippen LogP contribution >= 0.6 is 0 Å². The lowest BCUT2D eigenvalue weighted by atomic mass is 9.98. The highest BCUT2D eigenvalue weighted by molar-refractivity contribution is 5.79. The molecule has 3 aromatic rings. The summed E-state index contributed by atoms with van der Waals surface area (Å²) in [5.74, 6) is 5.89. The standard InChI is InChI=1S/C26H20N2O2/c1-18-8-6-9-19(16-27)20(18)14-7-15-28-26(29)30-17-25-23-12-4-2-10-21(23)22-11-3-5-13-24(22)25/h2-6,8-13,25H,15,17H2,1H3,(H,28,29). The van der Waals surface area contributed by atoms with Gasteiger partial charge >= 0.3 is 6.09 Å². The Balaban J connectivity index is 1.38. The van der Waals surface area contributed by atoms with E-state index in [0.29, 0.717) is 11.1 Å². The van der Waals surface area contributed by atoms with E-state index in [2.05, 4.69) is 47.5 Å². The van der Waals surface area contributed by atoms with E-state index in [1.165, 1.54) is 22.3 Å². The molecule has 0 aliphatic heterocycles. The van der Waals surface area contributed by atoms with Crippen LogP contribution in [0.4, 0.5) is 4.79 Å². The number of benzene rings is 3. The van der Waals surface area contributed by atoms with Crippen LogP contribution in [0.5, 0.6) is 0 Å². The zero-order valence-electron chi connectivity index (χ0n) is 16.6. The van der Waals surface area contributed by atoms with Crippen molar-refractivity contribution in [1.82, 2.24) is 5.32 Å². The predicted octanol–water partition coefficient (Wildman–Crippen LogP) is 4.76. The molecule has 0 radical (unpaired) electrons. The van der Waals surface area contributed by atoms with Gasteiger partial charge in [0.15, 0.2) is 0 Å². The first-order valence-electron chi connectivity index (χ1n) is 9.76. The zero-order valence-corrected chi connectivity index (χ0v) is 16.6. The number of alkyl carbamates (subject to hydrolysis) is 1. The number of nitrogens with one attached hydrogen (secondary N) is 1. The molecule has 4 rings (SSSR count). The summed E-state index contributed by atoms with van der Waals surface area (Å²) >= 11 is 0. The number of hydrogen-bond acceptors (Lipinski definition) is 3. The number of carbonyl (C=O) groups excluding carboxylic acids is 1. The summed E-state index contributed by atoms with van der Waals surface area (Å²) in [6.07, 6.45) is -0.503. The van der Waals surface area contributed by atoms with Crippen molar-refractivity contribution in [3.05, 3.63) is 94.5 Å². The molecule has 0 bridgehead atoms. The van der Waals surface area contributed by atoms with E-state index < -0.39 is 6.09 Å². The van der Waals surface area contributed by atoms with E-state index in [-0.39, 0.29) is 19.1 Å². The van der Waals surface area contributed by atoms with E-state index >= 15 is 0 Å². The average molecular weight is 392 g/mol. The number of fused-ring (bicyclic) bond motifs is 3. The molecule has 1 aliphatic carbocycles. The van der Waals surface area contributed by atoms with E-state index in [1.54, 1.807) is 6.07 Å². The molecule has 0 fully saturated rings. The molecule has 1 N–H and O–H groups in total. The minimum Gasteiger partial charge on any atom is -0.449 e. The quantitative estimate of drug-likeness (QED) is 0.654. The summed E-state index contributed by atoms with van der Waals surface area (Å²) in [7, 11) is 0. The van der Waals surface area contributed by atoms with Gasteiger partial charge in [-0.15, -0.1) is 0 Å². The smallest absolute Gasteiger partial charge is 0.407 e. The molecule has 0 saturated heterocycles. The second kappa shape index (κ2) is 8.55. The van der Waals surface area contributed by atoms with Crippen molar-refractivity contribution in [2.45, 2.75) is 12.8 Å². The van der Waals surface area contributed by atoms with Gasteiger partial charge in [0, 0.05) is 11.5 Å². The Labute approximate surface area is 176 Å². The molecule has 3 aromatic carbocycles. The van der Waals surface area contributed by atoms with Crippen molar-refractivity contribution in [1.29, 1.82) is 5.26 Å². The molecule has 0 spiro atoms. The third-order valence-electron chi connectivity index (χ3n) is 5.27. The molecule has 146 valence electrons. The highest BCUT2D eigenvalue weighted by Crippen LogP contribution is 2.44. The van der Waals surface area contributed by atoms with Crippen LogP contribution in [0.15, 0.2) is 66.7 Å². The molecule has 30 heavy (non-hydrogen) atoms. The molecule has 4 heteroatoms. The van der Waals surface area contributed by atoms with Crippen LogP contribution in [0.3, 0.4) is 0 Å². The van der Waals surface area contributed by atoms with Gasteiger partial charge in [-0.1, -0.05) is 72.5 Å². The summed E-state index contributed by atoms with van der Waals surface area (Å²) in [6, 6.07) is 24.0. The van der Waals surface area contributed by atoms with Gasteiger partial charge in [-0.3, -0.25) is 0 Å². The molecule has 0 aromatic heterocycles. The van der Waals surface area contributed by atoms with Gasteiger partial charge in [-0.2, -0.15) is 5.26 Å². The van der Waals surface area contributed by atoms with Crippen molar-refractivity contribution < 1.29 is 9.53 Å². The first kappa shape index (κ1) is 19.3. The van der Waals surface area contributed by atoms with Gasteiger partial charge in [0.05, 0.1) is 12.1 Å². The third-order valence-corrected chi connectivity index (χ3v) is 5.27. The lowest BCUT2D eigenvalue weighted by molar-refractivity contribution is 0.144. The number of nitrogens with zero attached hydrogens (tertiary/aromatic N) is 1. The lowest BCUT2D eigenvalue weighted by Crippen LogP contribution is -2.26. The van der Waals surface area contributed by atoms with Crippen LogP contribution < -0.4 is 5.32 Å². The Hall–Kier alpha value is -4.02. The van der Waals surface area contributed by atoms with Gasteiger partial charge in [0.25, 0.3) is 0 Å². The van der Waals surface area contributed by atoms with Crippen molar-refractivity contribution in [3.8, 4) is 29.0 Å². The summed E-state index contributed by atoms with van der Waals surface area (Å²) in [5, 5.41) is 11.9. The Morgan fingerprint density at radius 1 is 1.00 bits per heavy atom. The molecule has 1 amide bonds. The summed E-state index contributed by atoms with van der Waals surface area (Å²) in [4.78, 5) is 12.2. The minimum absolute atomic E-state index is 0.0272. The van der Waals surface area contributed by atoms with Crippen LogP contribution in [-0.2, 0) is 4.74 Å². The Bertz CT molecular complexity index is 1170. The average Bonchev–Trinajstić information content (AvgIpc) is 3.10. The second-order valence-electron chi connectivity index (χ2n) is 7.09. The zero-order chi connectivity index (χ0) is 20.9. The van der Waals surface area contributed by atoms with Gasteiger partial charge in [-0.05, 0) is 40.8 Å². The largest absolute Gasteiger partial charge is 0.449 e. The number of ether oxygens (including phenoxy) is 1. The first-order chi connectivity index (χ1) is 14.7. The topological polar surface area (TPSA) is 62.1 Å². The normalized spacial score (nSPS) is 11.5. The van der Waals surface area contributed by atoms with Crippen molar-refractivity contribution in [2.75, 3.05) is 13.2 Å². The second-order valence-corrected chi connectivity index (χ2v) is 7.09. The predicted molar refractivity (Wildman–Crippen MR) is 116 cm³/mol. The summed E-state index contributed by atoms with van der Waals surface area (Å²) in [5.41, 5.74) is 6.89. The number of rotatable bonds is 3. The Morgan fingerprint density at radius 2 is 1.67 bits per heavy atom. The van der Waals surface area contributed by atoms with Crippen molar-refractivity contribution in [2.24, 2.45) is 0 Å². The summed E-state index contributed by atoms with van der Waals surface area (Å²) in [6.45, 7) is 2.32. The lowest BCUT2D eigenvalue weighted by Gasteiger charge is -2.14. The van der Waals surface area contributed by atoms with Crippen LogP contribution in [-0.4, -0.2) is 19.2 Å². The van der Waals surface area contributed by atoms with E-state index in [0.717, 1.165) is 5.56 Å². The number of amides is 1. The van der Waals surface area contributed by atoms with Crippen LogP contribution in [0.1, 0.15) is 33.7 Å². The SMILES string of the molecule is Cc1cccc(C#N)c1C#CCNC(=O)OCC1c2ccccc2-c2ccccc21. The van der Waals surface area contributed by atoms with Gasteiger partial charge < -0.3 is 10.1 Å². The molecule has 0 heterocycles. The molecule has 1 aliphatic rings. The monoisotopic (exact) mass is 392 g/mol. The summed E-state index contributed by atoms with van der Waals surface area (Å²) < 4.78 is 5.49. The van der Waals surface area contributed by atoms with Crippen molar-refractivity contribution >= 4 is 6.09 Å². The first-order valence-corrected chi connectivity index (χ1v) is 9.76. The van der Waals surface area contributed by atoms with Crippen molar-refractivity contribution in [3.63, 3.8) is 0 Å². The van der Waals surface area contributed by atoms with Gasteiger partial charge in [0.1, 0.15) is 12.7 Å². The van der Waals surface area contributed by atoms with Crippen LogP contribution in [0.25, 0.3) is 11.1 Å². The fourth-order valence-corrected chi connectivity index (χ4v) is 3.83. The fourth-order valence-electron chi connectivity index (χ4n) is 3.83. The molecule has 0 saturated carbocycles. The molecule has 0 atom stereocenters. The van der Waals surface area contributed by atoms with E-state index in [1.807, 2.05) is 43.3 Å². The maximum atomic E-state index is 12.2. The molecular formula is C26H20N2O2. The number of nitriles is 1. The minimum atomic E-state index is -0.503. The Morgan fingerprint density at radius 3 is 2.33 bits per heavy atom. The third kappa shape index (κ3) is 3.77. The molecule has 0 unspecified atom stereocenters. The van der Waals surface area contributed by atoms with E-state index in [4.69, 9.17) is 4.74 Å². The maximum absolute atomic E-state index is 12.2. The van der Waals surface area contributed by atoms with Gasteiger partial charge in [-0.25, -0.2) is 4.79 Å². The number of hydrogen-bond donors (Lipinski definition) is 1. The molecular weight excluding hydrogens is 372 g/mol. The van der Waals surface area contributed by atoms with Crippen LogP contribution in [0, 0.1) is 30.1 Å². The Kier molecular flexibility index (Phi) is 5.50. The maximum Gasteiger partial charge on any atom is 0.407 e. The van der Waals surface area contributed by atoms with E-state index in [9.17, 15) is 10.1 Å². The fraction of sp³-hybridized carbons (Fsp3) is 0.154. The molecule has 4 nitrogen and oxygen atoms in total. The van der Waals surface area contributed by atoms with Crippen LogP contribution in [0.2, 0.25) is 0 Å². The van der Waals surface area contributed by atoms with Gasteiger partial charge in [0.2, 0.25) is 0 Å². The highest BCUT2D eigenvalue weighted by Gasteiger charge is 2.28. The number of carbonyl (C=O) groups is 1.